The predicted molar refractivity (Wildman–Crippen MR) is 73.9 cm³/mol. The molecule has 1 aromatic heterocycles. The first-order valence-electron chi connectivity index (χ1n) is 5.29. The van der Waals surface area contributed by atoms with Gasteiger partial charge in [0.1, 0.15) is 10.3 Å². The molecule has 1 unspecified atom stereocenters. The summed E-state index contributed by atoms with van der Waals surface area (Å²) in [7, 11) is -3.57. The van der Waals surface area contributed by atoms with Crippen LogP contribution in [-0.2, 0) is 14.8 Å². The Labute approximate surface area is 122 Å². The number of rotatable bonds is 3. The van der Waals surface area contributed by atoms with E-state index in [9.17, 15) is 8.42 Å². The number of thiophene rings is 1. The van der Waals surface area contributed by atoms with Gasteiger partial charge in [0.25, 0.3) is 10.0 Å². The van der Waals surface area contributed by atoms with Crippen molar-refractivity contribution in [2.75, 3.05) is 19.7 Å². The summed E-state index contributed by atoms with van der Waals surface area (Å²) in [6, 6.07) is 3.22. The summed E-state index contributed by atoms with van der Waals surface area (Å²) in [5.41, 5.74) is 5.44. The van der Waals surface area contributed by atoms with Crippen molar-refractivity contribution in [2.45, 2.75) is 10.3 Å². The molecule has 19 heavy (non-hydrogen) atoms. The minimum atomic E-state index is -3.57. The van der Waals surface area contributed by atoms with E-state index in [1.54, 1.807) is 6.07 Å². The second-order valence-corrected chi connectivity index (χ2v) is 8.43. The second kappa shape index (κ2) is 5.75. The van der Waals surface area contributed by atoms with Crippen molar-refractivity contribution in [1.82, 2.24) is 4.31 Å². The van der Waals surface area contributed by atoms with E-state index < -0.39 is 16.1 Å². The number of hydrogen-bond acceptors (Lipinski definition) is 6. The van der Waals surface area contributed by atoms with Gasteiger partial charge < -0.3 is 15.7 Å². The van der Waals surface area contributed by atoms with Crippen molar-refractivity contribution in [1.29, 1.82) is 0 Å². The molecular formula is C9H12BrN3O4S2. The topological polar surface area (TPSA) is 105 Å². The maximum Gasteiger partial charge on any atom is 0.252 e. The summed E-state index contributed by atoms with van der Waals surface area (Å²) in [6.45, 7) is 0.480. The van der Waals surface area contributed by atoms with E-state index in [4.69, 9.17) is 15.7 Å². The van der Waals surface area contributed by atoms with Crippen LogP contribution in [0.25, 0.3) is 0 Å². The first kappa shape index (κ1) is 14.7. The van der Waals surface area contributed by atoms with Crippen molar-refractivity contribution >= 4 is 43.1 Å². The fourth-order valence-electron chi connectivity index (χ4n) is 1.65. The zero-order chi connectivity index (χ0) is 14.0. The molecule has 106 valence electrons. The normalized spacial score (nSPS) is 22.6. The Kier molecular flexibility index (Phi) is 4.46. The SMILES string of the molecule is NC(=NO)C1CN(S(=O)(=O)c2ccc(Br)s2)CCO1. The lowest BCUT2D eigenvalue weighted by Gasteiger charge is -2.30. The second-order valence-electron chi connectivity index (χ2n) is 3.81. The van der Waals surface area contributed by atoms with Crippen molar-refractivity contribution in [3.05, 3.63) is 15.9 Å². The molecule has 0 amide bonds. The summed E-state index contributed by atoms with van der Waals surface area (Å²) in [5.74, 6) is -0.132. The molecular weight excluding hydrogens is 358 g/mol. The van der Waals surface area contributed by atoms with Crippen LogP contribution in [-0.4, -0.2) is 49.6 Å². The number of morpholine rings is 1. The number of nitrogens with zero attached hydrogens (tertiary/aromatic N) is 2. The van der Waals surface area contributed by atoms with Crippen LogP contribution in [0.3, 0.4) is 0 Å². The highest BCUT2D eigenvalue weighted by molar-refractivity contribution is 9.11. The first-order chi connectivity index (χ1) is 8.95. The van der Waals surface area contributed by atoms with E-state index in [1.807, 2.05) is 0 Å². The molecule has 2 rings (SSSR count). The standard InChI is InChI=1S/C9H12BrN3O4S2/c10-7-1-2-8(18-7)19(15,16)13-3-4-17-6(5-13)9(11)12-14/h1-2,6,14H,3-5H2,(H2,11,12). The number of sulfonamides is 1. The third kappa shape index (κ3) is 3.08. The Balaban J connectivity index is 2.21. The zero-order valence-corrected chi connectivity index (χ0v) is 12.9. The van der Waals surface area contributed by atoms with E-state index in [2.05, 4.69) is 21.1 Å². The molecule has 1 aliphatic heterocycles. The largest absolute Gasteiger partial charge is 0.409 e. The molecule has 3 N–H and O–H groups in total. The number of amidine groups is 1. The Morgan fingerprint density at radius 2 is 2.37 bits per heavy atom. The fourth-order valence-corrected chi connectivity index (χ4v) is 5.24. The van der Waals surface area contributed by atoms with Gasteiger partial charge in [-0.05, 0) is 28.1 Å². The van der Waals surface area contributed by atoms with Gasteiger partial charge in [0.2, 0.25) is 0 Å². The highest BCUT2D eigenvalue weighted by Crippen LogP contribution is 2.29. The van der Waals surface area contributed by atoms with Crippen molar-refractivity contribution in [3.8, 4) is 0 Å². The van der Waals surface area contributed by atoms with Crippen LogP contribution in [0.15, 0.2) is 25.3 Å². The molecule has 1 aliphatic rings. The van der Waals surface area contributed by atoms with Crippen LogP contribution in [0.1, 0.15) is 0 Å². The molecule has 7 nitrogen and oxygen atoms in total. The Morgan fingerprint density at radius 3 is 2.95 bits per heavy atom. The lowest BCUT2D eigenvalue weighted by molar-refractivity contribution is 0.0355. The highest BCUT2D eigenvalue weighted by Gasteiger charge is 2.33. The number of oxime groups is 1. The fraction of sp³-hybridized carbons (Fsp3) is 0.444. The van der Waals surface area contributed by atoms with E-state index in [-0.39, 0.29) is 29.7 Å². The average Bonchev–Trinajstić information content (AvgIpc) is 2.85. The van der Waals surface area contributed by atoms with Gasteiger partial charge in [0.15, 0.2) is 5.84 Å². The average molecular weight is 370 g/mol. The highest BCUT2D eigenvalue weighted by atomic mass is 79.9. The van der Waals surface area contributed by atoms with Crippen molar-refractivity contribution < 1.29 is 18.4 Å². The quantitative estimate of drug-likeness (QED) is 0.352. The number of hydrogen-bond donors (Lipinski definition) is 2. The summed E-state index contributed by atoms with van der Waals surface area (Å²) >= 11 is 4.37. The molecule has 1 aromatic rings. The molecule has 0 aromatic carbocycles. The molecule has 10 heteroatoms. The lowest BCUT2D eigenvalue weighted by atomic mass is 10.3. The zero-order valence-electron chi connectivity index (χ0n) is 9.69. The maximum atomic E-state index is 12.4. The van der Waals surface area contributed by atoms with Crippen molar-refractivity contribution in [3.63, 3.8) is 0 Å². The summed E-state index contributed by atoms with van der Waals surface area (Å²) < 4.78 is 32.3. The third-order valence-electron chi connectivity index (χ3n) is 2.62. The van der Waals surface area contributed by atoms with Gasteiger partial charge in [-0.15, -0.1) is 11.3 Å². The van der Waals surface area contributed by atoms with Gasteiger partial charge in [0, 0.05) is 13.1 Å². The van der Waals surface area contributed by atoms with Crippen LogP contribution < -0.4 is 5.73 Å². The van der Waals surface area contributed by atoms with Gasteiger partial charge in [-0.2, -0.15) is 4.31 Å². The number of ether oxygens (including phenoxy) is 1. The Morgan fingerprint density at radius 1 is 1.63 bits per heavy atom. The predicted octanol–water partition coefficient (Wildman–Crippen LogP) is 0.647. The van der Waals surface area contributed by atoms with Crippen LogP contribution >= 0.6 is 27.3 Å². The first-order valence-corrected chi connectivity index (χ1v) is 8.34. The molecule has 0 radical (unpaired) electrons. The number of nitrogens with two attached hydrogens (primary N) is 1. The molecule has 0 saturated carbocycles. The van der Waals surface area contributed by atoms with E-state index in [1.165, 1.54) is 10.4 Å². The molecule has 2 heterocycles. The molecule has 1 atom stereocenters. The van der Waals surface area contributed by atoms with Gasteiger partial charge in [0.05, 0.1) is 10.4 Å². The van der Waals surface area contributed by atoms with Crippen LogP contribution in [0.5, 0.6) is 0 Å². The molecule has 1 saturated heterocycles. The Bertz CT molecular complexity index is 586. The van der Waals surface area contributed by atoms with Gasteiger partial charge in [-0.1, -0.05) is 5.16 Å². The summed E-state index contributed by atoms with van der Waals surface area (Å²) in [4.78, 5) is 0. The van der Waals surface area contributed by atoms with Gasteiger partial charge in [-0.3, -0.25) is 0 Å². The van der Waals surface area contributed by atoms with E-state index in [0.717, 1.165) is 15.1 Å². The van der Waals surface area contributed by atoms with Crippen LogP contribution in [0, 0.1) is 0 Å². The lowest BCUT2D eigenvalue weighted by Crippen LogP contribution is -2.50. The Hall–Kier alpha value is -0.680. The monoisotopic (exact) mass is 369 g/mol. The van der Waals surface area contributed by atoms with E-state index >= 15 is 0 Å². The summed E-state index contributed by atoms with van der Waals surface area (Å²) in [6.07, 6.45) is -0.725. The third-order valence-corrected chi connectivity index (χ3v) is 6.57. The van der Waals surface area contributed by atoms with Crippen LogP contribution in [0.4, 0.5) is 0 Å². The molecule has 0 aliphatic carbocycles. The summed E-state index contributed by atoms with van der Waals surface area (Å²) in [5, 5.41) is 11.5. The van der Waals surface area contributed by atoms with E-state index in [0.29, 0.717) is 0 Å². The number of halogens is 1. The smallest absolute Gasteiger partial charge is 0.252 e. The van der Waals surface area contributed by atoms with Crippen LogP contribution in [0.2, 0.25) is 0 Å². The maximum absolute atomic E-state index is 12.4. The van der Waals surface area contributed by atoms with Crippen molar-refractivity contribution in [2.24, 2.45) is 10.9 Å². The molecule has 1 fully saturated rings. The minimum Gasteiger partial charge on any atom is -0.409 e. The minimum absolute atomic E-state index is 0.0355. The van der Waals surface area contributed by atoms with Gasteiger partial charge >= 0.3 is 0 Å². The van der Waals surface area contributed by atoms with Gasteiger partial charge in [-0.25, -0.2) is 8.42 Å². The molecule has 0 spiro atoms. The molecule has 0 bridgehead atoms.